The lowest BCUT2D eigenvalue weighted by molar-refractivity contribution is 0.522. The van der Waals surface area contributed by atoms with Gasteiger partial charge in [-0.15, -0.1) is 0 Å². The van der Waals surface area contributed by atoms with E-state index >= 15 is 0 Å². The van der Waals surface area contributed by atoms with Gasteiger partial charge in [-0.2, -0.15) is 0 Å². The third-order valence-electron chi connectivity index (χ3n) is 3.87. The lowest BCUT2D eigenvalue weighted by Gasteiger charge is -2.38. The molecular weight excluding hydrogens is 220 g/mol. The van der Waals surface area contributed by atoms with Crippen LogP contribution in [0.25, 0.3) is 0 Å². The van der Waals surface area contributed by atoms with Crippen molar-refractivity contribution >= 4 is 17.1 Å². The average Bonchev–Trinajstić information content (AvgIpc) is 2.59. The Bertz CT molecular complexity index is 560. The van der Waals surface area contributed by atoms with Gasteiger partial charge >= 0.3 is 0 Å². The maximum absolute atomic E-state index is 2.39. The van der Waals surface area contributed by atoms with Gasteiger partial charge in [0.1, 0.15) is 5.66 Å². The number of nitrogens with zero attached hydrogens (tertiary/aromatic N) is 2. The second-order valence-corrected chi connectivity index (χ2v) is 5.21. The second kappa shape index (κ2) is 3.77. The summed E-state index contributed by atoms with van der Waals surface area (Å²) in [6.45, 7) is 4.50. The Labute approximate surface area is 108 Å². The van der Waals surface area contributed by atoms with E-state index < -0.39 is 0 Å². The molecule has 3 rings (SSSR count). The van der Waals surface area contributed by atoms with Crippen LogP contribution < -0.4 is 9.80 Å². The van der Waals surface area contributed by atoms with E-state index in [1.807, 2.05) is 0 Å². The van der Waals surface area contributed by atoms with Crippen LogP contribution in [0, 0.1) is 0 Å². The fourth-order valence-corrected chi connectivity index (χ4v) is 2.71. The van der Waals surface area contributed by atoms with Crippen LogP contribution in [-0.2, 0) is 0 Å². The molecule has 0 saturated carbocycles. The summed E-state index contributed by atoms with van der Waals surface area (Å²) >= 11 is 0. The molecule has 0 bridgehead atoms. The third kappa shape index (κ3) is 1.42. The summed E-state index contributed by atoms with van der Waals surface area (Å²) in [5.74, 6) is 0. The Morgan fingerprint density at radius 2 is 1.33 bits per heavy atom. The van der Waals surface area contributed by atoms with Crippen LogP contribution in [0.4, 0.5) is 17.1 Å². The Morgan fingerprint density at radius 1 is 0.778 bits per heavy atom. The zero-order valence-corrected chi connectivity index (χ0v) is 11.1. The van der Waals surface area contributed by atoms with Gasteiger partial charge in [-0.05, 0) is 38.1 Å². The lowest BCUT2D eigenvalue weighted by atomic mass is 10.1. The van der Waals surface area contributed by atoms with Gasteiger partial charge in [0.15, 0.2) is 0 Å². The molecule has 0 radical (unpaired) electrons. The van der Waals surface area contributed by atoms with Gasteiger partial charge in [0.25, 0.3) is 0 Å². The number of para-hydroxylation sites is 3. The number of benzene rings is 2. The molecular formula is C16H18N2. The van der Waals surface area contributed by atoms with Crippen molar-refractivity contribution in [3.05, 3.63) is 54.6 Å². The topological polar surface area (TPSA) is 6.48 Å². The number of rotatable bonds is 1. The highest BCUT2D eigenvalue weighted by molar-refractivity contribution is 5.84. The van der Waals surface area contributed by atoms with E-state index in [0.29, 0.717) is 0 Å². The molecule has 0 spiro atoms. The highest BCUT2D eigenvalue weighted by Crippen LogP contribution is 2.47. The zero-order valence-electron chi connectivity index (χ0n) is 11.1. The number of hydrogen-bond donors (Lipinski definition) is 0. The van der Waals surface area contributed by atoms with Gasteiger partial charge in [-0.1, -0.05) is 30.3 Å². The highest BCUT2D eigenvalue weighted by Gasteiger charge is 2.40. The van der Waals surface area contributed by atoms with E-state index in [9.17, 15) is 0 Å². The first-order chi connectivity index (χ1) is 8.62. The third-order valence-corrected chi connectivity index (χ3v) is 3.87. The van der Waals surface area contributed by atoms with Crippen LogP contribution in [-0.4, -0.2) is 12.7 Å². The Kier molecular flexibility index (Phi) is 2.34. The van der Waals surface area contributed by atoms with E-state index in [1.54, 1.807) is 0 Å². The molecule has 2 nitrogen and oxygen atoms in total. The largest absolute Gasteiger partial charge is 0.350 e. The quantitative estimate of drug-likeness (QED) is 0.740. The van der Waals surface area contributed by atoms with Gasteiger partial charge in [0.2, 0.25) is 0 Å². The van der Waals surface area contributed by atoms with Crippen LogP contribution in [0.5, 0.6) is 0 Å². The van der Waals surface area contributed by atoms with Gasteiger partial charge < -0.3 is 9.80 Å². The zero-order chi connectivity index (χ0) is 12.8. The van der Waals surface area contributed by atoms with Crippen LogP contribution in [0.1, 0.15) is 13.8 Å². The predicted molar refractivity (Wildman–Crippen MR) is 77.5 cm³/mol. The molecule has 18 heavy (non-hydrogen) atoms. The van der Waals surface area contributed by atoms with Gasteiger partial charge in [0, 0.05) is 12.7 Å². The van der Waals surface area contributed by atoms with Crippen molar-refractivity contribution < 1.29 is 0 Å². The maximum Gasteiger partial charge on any atom is 0.111 e. The van der Waals surface area contributed by atoms with E-state index in [-0.39, 0.29) is 5.66 Å². The maximum atomic E-state index is 2.39. The molecule has 92 valence electrons. The lowest BCUT2D eigenvalue weighted by Crippen LogP contribution is -2.48. The smallest absolute Gasteiger partial charge is 0.111 e. The first-order valence-electron chi connectivity index (χ1n) is 6.30. The van der Waals surface area contributed by atoms with Gasteiger partial charge in [0.05, 0.1) is 11.4 Å². The summed E-state index contributed by atoms with van der Waals surface area (Å²) < 4.78 is 0. The SMILES string of the molecule is CN1c2ccccc2N(c2ccccc2)C1(C)C. The van der Waals surface area contributed by atoms with E-state index in [0.717, 1.165) is 0 Å². The summed E-state index contributed by atoms with van der Waals surface area (Å²) in [6.07, 6.45) is 0. The molecule has 2 heteroatoms. The minimum atomic E-state index is -0.0506. The standard InChI is InChI=1S/C16H18N2/c1-16(2)17(3)14-11-7-8-12-15(14)18(16)13-9-5-4-6-10-13/h4-12H,1-3H3. The normalized spacial score (nSPS) is 16.8. The molecule has 0 fully saturated rings. The molecule has 0 atom stereocenters. The Morgan fingerprint density at radius 3 is 2.00 bits per heavy atom. The first-order valence-corrected chi connectivity index (χ1v) is 6.30. The van der Waals surface area contributed by atoms with E-state index in [4.69, 9.17) is 0 Å². The molecule has 0 aromatic heterocycles. The fourth-order valence-electron chi connectivity index (χ4n) is 2.71. The summed E-state index contributed by atoms with van der Waals surface area (Å²) in [6, 6.07) is 19.1. The number of anilines is 3. The Balaban J connectivity index is 2.20. The van der Waals surface area contributed by atoms with Crippen molar-refractivity contribution in [1.29, 1.82) is 0 Å². The van der Waals surface area contributed by atoms with Crippen LogP contribution in [0.2, 0.25) is 0 Å². The van der Waals surface area contributed by atoms with Crippen LogP contribution in [0.15, 0.2) is 54.6 Å². The monoisotopic (exact) mass is 238 g/mol. The molecule has 0 saturated heterocycles. The molecule has 0 aliphatic carbocycles. The molecule has 0 unspecified atom stereocenters. The average molecular weight is 238 g/mol. The minimum absolute atomic E-state index is 0.0506. The molecule has 1 aliphatic heterocycles. The summed E-state index contributed by atoms with van der Waals surface area (Å²) in [7, 11) is 2.15. The first kappa shape index (κ1) is 11.1. The molecule has 2 aromatic carbocycles. The summed E-state index contributed by atoms with van der Waals surface area (Å²) in [5.41, 5.74) is 3.74. The summed E-state index contributed by atoms with van der Waals surface area (Å²) in [5, 5.41) is 0. The second-order valence-electron chi connectivity index (χ2n) is 5.21. The Hall–Kier alpha value is -1.96. The van der Waals surface area contributed by atoms with Crippen molar-refractivity contribution in [2.24, 2.45) is 0 Å². The van der Waals surface area contributed by atoms with Crippen molar-refractivity contribution in [3.8, 4) is 0 Å². The van der Waals surface area contributed by atoms with E-state index in [1.165, 1.54) is 17.1 Å². The van der Waals surface area contributed by atoms with Crippen molar-refractivity contribution in [2.75, 3.05) is 16.8 Å². The molecule has 2 aromatic rings. The highest BCUT2D eigenvalue weighted by atomic mass is 15.4. The number of hydrogen-bond acceptors (Lipinski definition) is 2. The molecule has 0 amide bonds. The fraction of sp³-hybridized carbons (Fsp3) is 0.250. The minimum Gasteiger partial charge on any atom is -0.350 e. The van der Waals surface area contributed by atoms with Crippen LogP contribution >= 0.6 is 0 Å². The molecule has 0 N–H and O–H groups in total. The van der Waals surface area contributed by atoms with Gasteiger partial charge in [-0.3, -0.25) is 0 Å². The number of fused-ring (bicyclic) bond motifs is 1. The molecule has 1 heterocycles. The van der Waals surface area contributed by atoms with Crippen molar-refractivity contribution in [1.82, 2.24) is 0 Å². The predicted octanol–water partition coefficient (Wildman–Crippen LogP) is 4.01. The molecule has 1 aliphatic rings. The van der Waals surface area contributed by atoms with Crippen molar-refractivity contribution in [2.45, 2.75) is 19.5 Å². The van der Waals surface area contributed by atoms with Crippen LogP contribution in [0.3, 0.4) is 0 Å². The van der Waals surface area contributed by atoms with Crippen molar-refractivity contribution in [3.63, 3.8) is 0 Å². The van der Waals surface area contributed by atoms with Gasteiger partial charge in [-0.25, -0.2) is 0 Å². The summed E-state index contributed by atoms with van der Waals surface area (Å²) in [4.78, 5) is 4.72. The van der Waals surface area contributed by atoms with E-state index in [2.05, 4.69) is 85.3 Å².